The predicted molar refractivity (Wildman–Crippen MR) is 446 cm³/mol. The topological polar surface area (TPSA) is 445 Å². The lowest BCUT2D eigenvalue weighted by Gasteiger charge is -2.13. The molecule has 0 bridgehead atoms. The van der Waals surface area contributed by atoms with E-state index in [0.717, 1.165) is 60.7 Å². The van der Waals surface area contributed by atoms with Gasteiger partial charge in [0.05, 0.1) is 82.9 Å². The first-order chi connectivity index (χ1) is 61.0. The number of rotatable bonds is 20. The molecule has 12 aromatic heterocycles. The molecule has 16 aromatic rings. The molecule has 0 aliphatic carbocycles. The number of hydrogen-bond acceptors (Lipinski definition) is 28. The van der Waals surface area contributed by atoms with Crippen LogP contribution in [-0.2, 0) is 40.1 Å². The van der Waals surface area contributed by atoms with Gasteiger partial charge in [-0.05, 0) is 136 Å². The number of halogens is 7. The molecule has 0 aliphatic heterocycles. The molecule has 0 aliphatic rings. The predicted octanol–water partition coefficient (Wildman–Crippen LogP) is 10.7. The number of ether oxygens (including phenoxy) is 4. The van der Waals surface area contributed by atoms with E-state index < -0.39 is 95.5 Å². The van der Waals surface area contributed by atoms with Crippen molar-refractivity contribution in [3.05, 3.63) is 241 Å². The fraction of sp³-hybridized carbons (Fsp3) is 0.111. The summed E-state index contributed by atoms with van der Waals surface area (Å²) in [5, 5.41) is 17.7. The number of nitrogens with zero attached hydrogens (tertiary/aromatic N) is 20. The summed E-state index contributed by atoms with van der Waals surface area (Å²) >= 11 is 0. The van der Waals surface area contributed by atoms with Gasteiger partial charge in [0.25, 0.3) is 63.2 Å². The van der Waals surface area contributed by atoms with E-state index in [4.69, 9.17) is 31.8 Å². The number of imidazole rings is 4. The zero-order chi connectivity index (χ0) is 91.7. The van der Waals surface area contributed by atoms with Crippen LogP contribution in [0.25, 0.3) is 68.1 Å². The minimum atomic E-state index is -4.43. The third kappa shape index (κ3) is 20.1. The minimum Gasteiger partial charge on any atom is -0.480 e. The van der Waals surface area contributed by atoms with E-state index in [1.807, 2.05) is 20.8 Å². The number of anilines is 4. The Morgan fingerprint density at radius 1 is 0.336 bits per heavy atom. The van der Waals surface area contributed by atoms with E-state index in [1.165, 1.54) is 139 Å². The summed E-state index contributed by atoms with van der Waals surface area (Å²) in [7, 11) is -12.0. The van der Waals surface area contributed by atoms with Gasteiger partial charge in [-0.15, -0.1) is 12.8 Å². The van der Waals surface area contributed by atoms with E-state index in [2.05, 4.69) is 135 Å². The van der Waals surface area contributed by atoms with Crippen molar-refractivity contribution in [1.29, 1.82) is 0 Å². The van der Waals surface area contributed by atoms with Crippen molar-refractivity contribution in [3.8, 4) is 117 Å². The summed E-state index contributed by atoms with van der Waals surface area (Å²) in [4.78, 5) is 47.3. The Morgan fingerprint density at radius 2 is 0.602 bits per heavy atom. The molecule has 0 saturated carbocycles. The van der Waals surface area contributed by atoms with Crippen LogP contribution < -0.4 is 37.8 Å². The normalized spacial score (nSPS) is 11.4. The maximum absolute atomic E-state index is 14.1. The molecular formula is C81H59F7N24O12S4. The van der Waals surface area contributed by atoms with Crippen molar-refractivity contribution in [2.45, 2.75) is 47.3 Å². The standard InChI is InChI=1S/C23H20F2N6O3S.C20H14F2N6O3S.C19H12F2N6O3S.C19H13FN6O3S/c1-23(2,3)8-7-16-12-27-22-28-13-19(29-31(16)22)14-9-18(21(34-4)26-11-14)30-35(32,33)20-6-5-15(24)10-17(20)25;1-3-4-14-10-24-20-25-11-17(26-28(14)20)12-7-16(19(31-2)23-9-12)27-32(29,30)18-6-5-13(21)8-15(18)22;1-3-13-9-23-19-24-10-16(25-27(13)19)11-6-15(18(30-2)22-8-11)26-31(28,29)17-5-4-12(20)7-14(17)21;1-3-14-10-22-19-23-11-17(24-26(14)19)12-8-16(18(29-2)21-9-12)25-30(27,28)15-6-4-13(20)5-7-15/h5-6,9-13,30H,1-4H3;5-11,27H,1-2H3;1,4-10,26H,2H3;1,4-11,25H,2H3. The maximum atomic E-state index is 14.1. The van der Waals surface area contributed by atoms with Crippen LogP contribution in [0.15, 0.2) is 197 Å². The van der Waals surface area contributed by atoms with E-state index >= 15 is 0 Å². The third-order valence-electron chi connectivity index (χ3n) is 17.0. The van der Waals surface area contributed by atoms with E-state index in [0.29, 0.717) is 103 Å². The monoisotopic (exact) mass is 1820 g/mol. The van der Waals surface area contributed by atoms with Crippen LogP contribution in [0.3, 0.4) is 0 Å². The van der Waals surface area contributed by atoms with Gasteiger partial charge in [0.2, 0.25) is 23.5 Å². The molecule has 16 rings (SSSR count). The Labute approximate surface area is 721 Å². The number of hydrogen-bond donors (Lipinski definition) is 4. The van der Waals surface area contributed by atoms with Crippen molar-refractivity contribution in [3.63, 3.8) is 0 Å². The van der Waals surface area contributed by atoms with Gasteiger partial charge in [-0.1, -0.05) is 11.8 Å². The van der Waals surface area contributed by atoms with Crippen molar-refractivity contribution in [2.75, 3.05) is 47.3 Å². The highest BCUT2D eigenvalue weighted by atomic mass is 32.2. The molecule has 0 radical (unpaired) electrons. The highest BCUT2D eigenvalue weighted by Gasteiger charge is 2.28. The summed E-state index contributed by atoms with van der Waals surface area (Å²) in [6, 6.07) is 16.5. The molecule has 648 valence electrons. The van der Waals surface area contributed by atoms with Crippen molar-refractivity contribution >= 4 is 86.0 Å². The van der Waals surface area contributed by atoms with Gasteiger partial charge < -0.3 is 18.9 Å². The van der Waals surface area contributed by atoms with Gasteiger partial charge in [-0.2, -0.15) is 38.5 Å². The van der Waals surface area contributed by atoms with Crippen LogP contribution in [0.2, 0.25) is 0 Å². The molecule has 0 amide bonds. The molecule has 0 fully saturated rings. The molecule has 0 spiro atoms. The zero-order valence-corrected chi connectivity index (χ0v) is 70.3. The Hall–Kier alpha value is -16.4. The van der Waals surface area contributed by atoms with Gasteiger partial charge in [-0.25, -0.2) is 124 Å². The second kappa shape index (κ2) is 37.0. The van der Waals surface area contributed by atoms with Gasteiger partial charge >= 0.3 is 0 Å². The molecule has 12 heterocycles. The lowest BCUT2D eigenvalue weighted by Crippen LogP contribution is -2.16. The van der Waals surface area contributed by atoms with Crippen molar-refractivity contribution < 1.29 is 83.4 Å². The van der Waals surface area contributed by atoms with E-state index in [1.54, 1.807) is 13.1 Å². The van der Waals surface area contributed by atoms with Crippen LogP contribution in [0.5, 0.6) is 23.5 Å². The average Bonchev–Trinajstić information content (AvgIpc) is 1.15. The van der Waals surface area contributed by atoms with Crippen LogP contribution >= 0.6 is 0 Å². The molecule has 36 nitrogen and oxygen atoms in total. The maximum Gasteiger partial charge on any atom is 0.264 e. The highest BCUT2D eigenvalue weighted by Crippen LogP contribution is 2.36. The molecule has 128 heavy (non-hydrogen) atoms. The quantitative estimate of drug-likeness (QED) is 0.0407. The molecule has 0 saturated heterocycles. The number of nitrogens with one attached hydrogen (secondary N) is 4. The Bertz CT molecular complexity index is 7790. The Balaban J connectivity index is 0.000000146. The first-order valence-corrected chi connectivity index (χ1v) is 42.1. The van der Waals surface area contributed by atoms with E-state index in [-0.39, 0.29) is 62.4 Å². The van der Waals surface area contributed by atoms with Gasteiger partial charge in [0, 0.05) is 70.7 Å². The minimum absolute atomic E-state index is 0.0467. The van der Waals surface area contributed by atoms with Gasteiger partial charge in [0.1, 0.15) is 124 Å². The van der Waals surface area contributed by atoms with Crippen LogP contribution in [0, 0.1) is 94.5 Å². The van der Waals surface area contributed by atoms with Crippen molar-refractivity contribution in [1.82, 2.24) is 98.3 Å². The van der Waals surface area contributed by atoms with Gasteiger partial charge in [-0.3, -0.25) is 18.9 Å². The van der Waals surface area contributed by atoms with Crippen LogP contribution in [0.4, 0.5) is 53.5 Å². The largest absolute Gasteiger partial charge is 0.480 e. The second-order valence-corrected chi connectivity index (χ2v) is 33.5. The molecule has 4 aromatic carbocycles. The van der Waals surface area contributed by atoms with E-state index in [9.17, 15) is 64.4 Å². The third-order valence-corrected chi connectivity index (χ3v) is 22.6. The number of methoxy groups -OCH3 is 4. The lowest BCUT2D eigenvalue weighted by molar-refractivity contribution is 0.400. The van der Waals surface area contributed by atoms with Crippen LogP contribution in [0.1, 0.15) is 50.5 Å². The molecule has 0 unspecified atom stereocenters. The zero-order valence-electron chi connectivity index (χ0n) is 67.0. The van der Waals surface area contributed by atoms with Crippen LogP contribution in [-0.4, -0.2) is 160 Å². The number of aromatic nitrogens is 20. The highest BCUT2D eigenvalue weighted by molar-refractivity contribution is 7.93. The summed E-state index contributed by atoms with van der Waals surface area (Å²) in [6.07, 6.45) is 28.3. The smallest absolute Gasteiger partial charge is 0.264 e. The summed E-state index contributed by atoms with van der Waals surface area (Å²) in [6.45, 7) is 7.60. The molecule has 4 N–H and O–H groups in total. The Morgan fingerprint density at radius 3 is 0.875 bits per heavy atom. The average molecular weight is 1820 g/mol. The molecule has 47 heteroatoms. The first-order valence-electron chi connectivity index (χ1n) is 36.1. The molecule has 0 atom stereocenters. The molecular weight excluding hydrogens is 1760 g/mol. The second-order valence-electron chi connectivity index (χ2n) is 26.9. The first kappa shape index (κ1) is 89.4. The fourth-order valence-corrected chi connectivity index (χ4v) is 15.6. The summed E-state index contributed by atoms with van der Waals surface area (Å²) < 4.78 is 232. The van der Waals surface area contributed by atoms with Crippen molar-refractivity contribution in [2.24, 2.45) is 5.41 Å². The number of pyridine rings is 4. The lowest BCUT2D eigenvalue weighted by atomic mass is 9.98. The van der Waals surface area contributed by atoms with Gasteiger partial charge in [0.15, 0.2) is 0 Å². The fourth-order valence-electron chi connectivity index (χ4n) is 11.2. The summed E-state index contributed by atoms with van der Waals surface area (Å²) in [5.41, 5.74) is 4.43. The number of benzene rings is 4. The number of terminal acetylenes is 2. The number of sulfonamides is 4. The number of fused-ring (bicyclic) bond motifs is 4. The Kier molecular flexibility index (Phi) is 25.8. The summed E-state index contributed by atoms with van der Waals surface area (Å²) in [5.74, 6) is 10.8. The SMILES string of the molecule is C#Cc1cnc2ncc(-c3cnc(OC)c(NS(=O)(=O)c4ccc(F)cc4)c3)nn12.C#Cc1cnc2ncc(-c3cnc(OC)c(NS(=O)(=O)c4ccc(F)cc4F)c3)nn12.CC#Cc1cnc2ncc(-c3cnc(OC)c(NS(=O)(=O)c4ccc(F)cc4F)c3)nn12.COc1ncc(-c2cnc3ncc(C#CC(C)(C)C)n3n2)cc1NS(=O)(=O)c1ccc(F)cc1F.